The maximum Gasteiger partial charge on any atom is 0.0221 e. The highest BCUT2D eigenvalue weighted by atomic mass is 127. The molecule has 0 bridgehead atoms. The van der Waals surface area contributed by atoms with Crippen LogP contribution in [-0.4, -0.2) is 30.0 Å². The third-order valence-corrected chi connectivity index (χ3v) is 2.30. The van der Waals surface area contributed by atoms with Gasteiger partial charge in [0.15, 0.2) is 0 Å². The Morgan fingerprint density at radius 1 is 1.30 bits per heavy atom. The van der Waals surface area contributed by atoms with Crippen molar-refractivity contribution in [2.75, 3.05) is 25.1 Å². The van der Waals surface area contributed by atoms with E-state index in [1.54, 1.807) is 5.57 Å². The van der Waals surface area contributed by atoms with Crippen molar-refractivity contribution in [3.05, 3.63) is 11.1 Å². The van der Waals surface area contributed by atoms with Gasteiger partial charge in [0, 0.05) is 11.0 Å². The molecular formula is C8H16IN. The van der Waals surface area contributed by atoms with Crippen LogP contribution >= 0.6 is 22.6 Å². The predicted octanol–water partition coefficient (Wildman–Crippen LogP) is 2.32. The van der Waals surface area contributed by atoms with E-state index in [1.165, 1.54) is 5.57 Å². The van der Waals surface area contributed by atoms with E-state index in [0.717, 1.165) is 11.0 Å². The van der Waals surface area contributed by atoms with Gasteiger partial charge in [-0.2, -0.15) is 0 Å². The first kappa shape index (κ1) is 10.4. The molecule has 0 aliphatic carbocycles. The quantitative estimate of drug-likeness (QED) is 0.424. The third-order valence-electron chi connectivity index (χ3n) is 1.38. The average molecular weight is 253 g/mol. The molecule has 0 radical (unpaired) electrons. The molecule has 2 heteroatoms. The smallest absolute Gasteiger partial charge is 0.0221 e. The van der Waals surface area contributed by atoms with Gasteiger partial charge in [0.2, 0.25) is 0 Å². The van der Waals surface area contributed by atoms with Crippen molar-refractivity contribution in [2.24, 2.45) is 0 Å². The lowest BCUT2D eigenvalue weighted by Crippen LogP contribution is -2.16. The maximum atomic E-state index is 2.41. The zero-order valence-corrected chi connectivity index (χ0v) is 9.40. The molecule has 0 rings (SSSR count). The first-order valence-electron chi connectivity index (χ1n) is 3.44. The molecule has 0 aliphatic heterocycles. The van der Waals surface area contributed by atoms with E-state index in [2.05, 4.69) is 55.4 Å². The van der Waals surface area contributed by atoms with Crippen LogP contribution in [0.25, 0.3) is 0 Å². The molecule has 0 amide bonds. The fourth-order valence-electron chi connectivity index (χ4n) is 0.716. The third kappa shape index (κ3) is 4.28. The van der Waals surface area contributed by atoms with Crippen molar-refractivity contribution in [1.82, 2.24) is 4.90 Å². The summed E-state index contributed by atoms with van der Waals surface area (Å²) < 4.78 is 1.15. The molecule has 0 saturated carbocycles. The number of likely N-dealkylation sites (N-methyl/N-ethyl adjacent to an activating group) is 1. The Labute approximate surface area is 77.6 Å². The summed E-state index contributed by atoms with van der Waals surface area (Å²) in [6.07, 6.45) is 0. The van der Waals surface area contributed by atoms with Gasteiger partial charge in [-0.1, -0.05) is 28.2 Å². The highest BCUT2D eigenvalue weighted by Gasteiger charge is 1.98. The highest BCUT2D eigenvalue weighted by Crippen LogP contribution is 2.07. The Kier molecular flexibility index (Phi) is 5.35. The summed E-state index contributed by atoms with van der Waals surface area (Å²) in [6.45, 7) is 5.46. The number of halogens is 1. The van der Waals surface area contributed by atoms with Crippen LogP contribution in [0.5, 0.6) is 0 Å². The summed E-state index contributed by atoms with van der Waals surface area (Å²) in [6, 6.07) is 0. The molecule has 0 aromatic rings. The second-order valence-electron chi connectivity index (χ2n) is 2.97. The fourth-order valence-corrected chi connectivity index (χ4v) is 1.72. The number of nitrogens with zero attached hydrogens (tertiary/aromatic N) is 1. The summed E-state index contributed by atoms with van der Waals surface area (Å²) in [5, 5.41) is 0. The van der Waals surface area contributed by atoms with Gasteiger partial charge in [-0.15, -0.1) is 0 Å². The fraction of sp³-hybridized carbons (Fsp3) is 0.750. The molecule has 60 valence electrons. The van der Waals surface area contributed by atoms with Crippen LogP contribution in [0.3, 0.4) is 0 Å². The Hall–Kier alpha value is 0.430. The van der Waals surface area contributed by atoms with Gasteiger partial charge in [0.1, 0.15) is 0 Å². The number of rotatable bonds is 3. The SMILES string of the molecule is CC(C)=C(CI)CN(C)C. The lowest BCUT2D eigenvalue weighted by molar-refractivity contribution is 0.445. The highest BCUT2D eigenvalue weighted by molar-refractivity contribution is 14.1. The van der Waals surface area contributed by atoms with Gasteiger partial charge in [0.25, 0.3) is 0 Å². The molecule has 0 unspecified atom stereocenters. The number of hydrogen-bond acceptors (Lipinski definition) is 1. The van der Waals surface area contributed by atoms with Gasteiger partial charge in [-0.25, -0.2) is 0 Å². The largest absolute Gasteiger partial charge is 0.305 e. The first-order valence-corrected chi connectivity index (χ1v) is 4.96. The Morgan fingerprint density at radius 2 is 1.80 bits per heavy atom. The van der Waals surface area contributed by atoms with E-state index < -0.39 is 0 Å². The zero-order chi connectivity index (χ0) is 8.15. The minimum absolute atomic E-state index is 1.10. The molecule has 10 heavy (non-hydrogen) atoms. The molecule has 0 aromatic carbocycles. The number of hydrogen-bond donors (Lipinski definition) is 0. The molecule has 0 saturated heterocycles. The Bertz CT molecular complexity index is 123. The molecule has 0 aromatic heterocycles. The summed E-state index contributed by atoms with van der Waals surface area (Å²) in [5.41, 5.74) is 3.01. The molecule has 0 spiro atoms. The van der Waals surface area contributed by atoms with Crippen LogP contribution in [0.4, 0.5) is 0 Å². The molecule has 0 atom stereocenters. The monoisotopic (exact) mass is 253 g/mol. The van der Waals surface area contributed by atoms with Crippen LogP contribution in [0, 0.1) is 0 Å². The van der Waals surface area contributed by atoms with E-state index in [1.807, 2.05) is 0 Å². The van der Waals surface area contributed by atoms with Crippen LogP contribution in [0.15, 0.2) is 11.1 Å². The van der Waals surface area contributed by atoms with Crippen LogP contribution in [0.2, 0.25) is 0 Å². The van der Waals surface area contributed by atoms with Crippen molar-refractivity contribution >= 4 is 22.6 Å². The van der Waals surface area contributed by atoms with Gasteiger partial charge in [-0.05, 0) is 33.5 Å². The van der Waals surface area contributed by atoms with E-state index in [4.69, 9.17) is 0 Å². The summed E-state index contributed by atoms with van der Waals surface area (Å²) in [7, 11) is 4.21. The first-order chi connectivity index (χ1) is 4.57. The van der Waals surface area contributed by atoms with E-state index in [0.29, 0.717) is 0 Å². The normalized spacial score (nSPS) is 10.2. The second kappa shape index (κ2) is 5.13. The molecule has 0 N–H and O–H groups in total. The zero-order valence-electron chi connectivity index (χ0n) is 7.24. The summed E-state index contributed by atoms with van der Waals surface area (Å²) >= 11 is 2.41. The van der Waals surface area contributed by atoms with Crippen LogP contribution in [0.1, 0.15) is 13.8 Å². The molecule has 0 aliphatic rings. The van der Waals surface area contributed by atoms with E-state index >= 15 is 0 Å². The lowest BCUT2D eigenvalue weighted by atomic mass is 10.2. The van der Waals surface area contributed by atoms with Gasteiger partial charge >= 0.3 is 0 Å². The number of alkyl halides is 1. The maximum absolute atomic E-state index is 2.41. The number of allylic oxidation sites excluding steroid dienone is 1. The van der Waals surface area contributed by atoms with Gasteiger partial charge in [0.05, 0.1) is 0 Å². The Morgan fingerprint density at radius 3 is 1.90 bits per heavy atom. The molecule has 1 nitrogen and oxygen atoms in total. The predicted molar refractivity (Wildman–Crippen MR) is 55.8 cm³/mol. The van der Waals surface area contributed by atoms with Crippen molar-refractivity contribution in [1.29, 1.82) is 0 Å². The Balaban J connectivity index is 3.97. The summed E-state index contributed by atoms with van der Waals surface area (Å²) in [5.74, 6) is 0. The summed E-state index contributed by atoms with van der Waals surface area (Å²) in [4.78, 5) is 2.21. The van der Waals surface area contributed by atoms with Crippen molar-refractivity contribution in [2.45, 2.75) is 13.8 Å². The van der Waals surface area contributed by atoms with Crippen molar-refractivity contribution in [3.63, 3.8) is 0 Å². The lowest BCUT2D eigenvalue weighted by Gasteiger charge is -2.12. The molecule has 0 heterocycles. The van der Waals surface area contributed by atoms with Crippen molar-refractivity contribution in [3.8, 4) is 0 Å². The molecule has 0 fully saturated rings. The van der Waals surface area contributed by atoms with Crippen molar-refractivity contribution < 1.29 is 0 Å². The standard InChI is InChI=1S/C8H16IN/c1-7(2)8(5-9)6-10(3)4/h5-6H2,1-4H3. The average Bonchev–Trinajstić information content (AvgIpc) is 1.81. The van der Waals surface area contributed by atoms with E-state index in [-0.39, 0.29) is 0 Å². The second-order valence-corrected chi connectivity index (χ2v) is 3.74. The minimum Gasteiger partial charge on any atom is -0.305 e. The van der Waals surface area contributed by atoms with Crippen LogP contribution < -0.4 is 0 Å². The van der Waals surface area contributed by atoms with Gasteiger partial charge in [-0.3, -0.25) is 0 Å². The van der Waals surface area contributed by atoms with Gasteiger partial charge < -0.3 is 4.90 Å². The van der Waals surface area contributed by atoms with Crippen LogP contribution in [-0.2, 0) is 0 Å². The van der Waals surface area contributed by atoms with E-state index in [9.17, 15) is 0 Å². The topological polar surface area (TPSA) is 3.24 Å². The minimum atomic E-state index is 1.10. The molecular weight excluding hydrogens is 237 g/mol.